The molecule has 0 radical (unpaired) electrons. The largest absolute Gasteiger partial charge is 4.00 e. The average Bonchev–Trinajstić information content (AvgIpc) is 4.04. The fraction of sp³-hybridized carbons (Fsp3) is 0.400. The van der Waals surface area contributed by atoms with Crippen LogP contribution < -0.4 is 0 Å². The van der Waals surface area contributed by atoms with Gasteiger partial charge in [-0.3, -0.25) is 0 Å². The Bertz CT molecular complexity index is 1820. The summed E-state index contributed by atoms with van der Waals surface area (Å²) in [6.07, 6.45) is 10.2. The third kappa shape index (κ3) is 18.1. The van der Waals surface area contributed by atoms with Crippen molar-refractivity contribution in [3.05, 3.63) is 167 Å². The molecule has 4 nitrogen and oxygen atoms in total. The molecule has 0 spiro atoms. The molecule has 0 N–H and O–H groups in total. The van der Waals surface area contributed by atoms with Crippen LogP contribution in [-0.2, 0) is 44.0 Å². The Hall–Kier alpha value is -3.95. The second-order valence-corrected chi connectivity index (χ2v) is 15.6. The number of ether oxygens (including phenoxy) is 2. The average molecular weight is 847 g/mol. The van der Waals surface area contributed by atoms with E-state index < -0.39 is 23.3 Å². The van der Waals surface area contributed by atoms with Gasteiger partial charge in [0.15, 0.2) is 0 Å². The first-order valence-electron chi connectivity index (χ1n) is 20.2. The third-order valence-corrected chi connectivity index (χ3v) is 10.1. The van der Waals surface area contributed by atoms with Gasteiger partial charge in [0.1, 0.15) is 0 Å². The number of aryl methyl sites for hydroxylation is 4. The summed E-state index contributed by atoms with van der Waals surface area (Å²) >= 11 is 0. The van der Waals surface area contributed by atoms with Gasteiger partial charge in [-0.15, -0.1) is 36.4 Å². The van der Waals surface area contributed by atoms with Gasteiger partial charge in [-0.1, -0.05) is 25.7 Å². The number of nitrogens with zero attached hydrogens (tertiary/aromatic N) is 2. The van der Waals surface area contributed by atoms with Crippen molar-refractivity contribution in [3.63, 3.8) is 0 Å². The Morgan fingerprint density at radius 1 is 0.525 bits per heavy atom. The molecule has 0 saturated carbocycles. The van der Waals surface area contributed by atoms with Crippen LogP contribution in [0.4, 0.5) is 17.6 Å². The van der Waals surface area contributed by atoms with E-state index in [1.807, 2.05) is 108 Å². The van der Waals surface area contributed by atoms with Crippen LogP contribution in [0.25, 0.3) is 11.4 Å². The van der Waals surface area contributed by atoms with E-state index >= 15 is 0 Å². The molecule has 0 atom stereocenters. The fourth-order valence-electron chi connectivity index (χ4n) is 6.39. The fourth-order valence-corrected chi connectivity index (χ4v) is 6.39. The predicted octanol–water partition coefficient (Wildman–Crippen LogP) is 13.6. The molecular weight excluding hydrogens is 784 g/mol. The van der Waals surface area contributed by atoms with E-state index in [9.17, 15) is 17.6 Å². The quantitative estimate of drug-likeness (QED) is 0.0420. The zero-order valence-corrected chi connectivity index (χ0v) is 37.7. The van der Waals surface area contributed by atoms with Crippen LogP contribution in [-0.4, -0.2) is 34.6 Å². The van der Waals surface area contributed by atoms with Gasteiger partial charge in [0.2, 0.25) is 0 Å². The number of halogens is 4. The van der Waals surface area contributed by atoms with E-state index in [1.54, 1.807) is 14.2 Å². The smallest absolute Gasteiger partial charge is 0.379 e. The number of benzene rings is 2. The van der Waals surface area contributed by atoms with Crippen molar-refractivity contribution in [2.45, 2.75) is 117 Å². The zero-order chi connectivity index (χ0) is 42.6. The van der Waals surface area contributed by atoms with Gasteiger partial charge in [-0.05, 0) is 116 Å². The summed E-state index contributed by atoms with van der Waals surface area (Å²) in [5.74, 6) is -2.67. The predicted molar refractivity (Wildman–Crippen MR) is 229 cm³/mol. The maximum Gasteiger partial charge on any atom is 4.00 e. The summed E-state index contributed by atoms with van der Waals surface area (Å²) in [5, 5.41) is 0. The van der Waals surface area contributed by atoms with E-state index in [0.717, 1.165) is 87.0 Å². The Morgan fingerprint density at radius 3 is 1.17 bits per heavy atom. The van der Waals surface area contributed by atoms with Crippen molar-refractivity contribution in [3.8, 4) is 11.4 Å². The molecule has 6 aromatic rings. The van der Waals surface area contributed by atoms with Crippen LogP contribution in [0, 0.1) is 49.2 Å². The third-order valence-electron chi connectivity index (χ3n) is 10.1. The van der Waals surface area contributed by atoms with Gasteiger partial charge < -0.3 is 18.6 Å². The molecule has 0 unspecified atom stereocenters. The molecule has 0 aliphatic rings. The minimum absolute atomic E-state index is 0. The first-order chi connectivity index (χ1) is 27.7. The molecule has 0 aliphatic heterocycles. The normalized spacial score (nSPS) is 11.1. The summed E-state index contributed by atoms with van der Waals surface area (Å²) in [6.45, 7) is 12.2. The molecule has 0 saturated heterocycles. The standard InChI is InChI=1S/2C20H26F2NO.2C5H5.Ti/c2*1-15-9-11-17(8-6-5-7-13-20(2,3)24-4)23(15)19-12-10-16(21)14-18(19)22;2*1-2-4-5-3-1;/h2*9-12H,5-8,13H2,1-4H3;2*1-5H;/q4*-1;+4. The maximum atomic E-state index is 14.1. The SMILES string of the molecule is COC(C)(C)CCCCCc1ccc(C)n1-c1ccc(F)[c-]c1F.COC(C)(C)CCCCCc1ccc(C)n1-c1ccc(F)[c-]c1F.[Ti+4].c1cc[cH-]c1.c1cc[cH-]c1. The van der Waals surface area contributed by atoms with E-state index in [2.05, 4.69) is 39.8 Å². The molecule has 4 aromatic carbocycles. The number of methoxy groups -OCH3 is 2. The van der Waals surface area contributed by atoms with E-state index in [0.29, 0.717) is 11.4 Å². The van der Waals surface area contributed by atoms with Crippen molar-refractivity contribution in [2.75, 3.05) is 14.2 Å². The van der Waals surface area contributed by atoms with E-state index in [4.69, 9.17) is 9.47 Å². The number of hydrogen-bond donors (Lipinski definition) is 0. The topological polar surface area (TPSA) is 28.3 Å². The van der Waals surface area contributed by atoms with E-state index in [-0.39, 0.29) is 32.9 Å². The summed E-state index contributed by atoms with van der Waals surface area (Å²) in [6, 6.07) is 37.6. The Balaban J connectivity index is 0.000000323. The number of aromatic nitrogens is 2. The minimum Gasteiger partial charge on any atom is -0.379 e. The Morgan fingerprint density at radius 2 is 0.881 bits per heavy atom. The maximum absolute atomic E-state index is 14.1. The number of unbranched alkanes of at least 4 members (excludes halogenated alkanes) is 4. The molecule has 6 rings (SSSR count). The van der Waals surface area contributed by atoms with E-state index in [1.165, 1.54) is 24.3 Å². The van der Waals surface area contributed by atoms with Gasteiger partial charge in [-0.25, -0.2) is 41.8 Å². The van der Waals surface area contributed by atoms with Crippen molar-refractivity contribution < 1.29 is 48.8 Å². The molecule has 9 heteroatoms. The molecule has 316 valence electrons. The molecule has 0 aliphatic carbocycles. The van der Waals surface area contributed by atoms with Crippen LogP contribution in [0.1, 0.15) is 102 Å². The van der Waals surface area contributed by atoms with Crippen LogP contribution in [0.3, 0.4) is 0 Å². The van der Waals surface area contributed by atoms with Gasteiger partial charge in [0.05, 0.1) is 11.2 Å². The van der Waals surface area contributed by atoms with Crippen molar-refractivity contribution >= 4 is 0 Å². The molecule has 2 aromatic heterocycles. The first kappa shape index (κ1) is 51.2. The summed E-state index contributed by atoms with van der Waals surface area (Å²) in [5.41, 5.74) is 4.50. The van der Waals surface area contributed by atoms with Gasteiger partial charge in [-0.2, -0.15) is 36.4 Å². The molecule has 0 fully saturated rings. The molecule has 2 heterocycles. The van der Waals surface area contributed by atoms with Crippen molar-refractivity contribution in [1.82, 2.24) is 9.13 Å². The molecule has 0 bridgehead atoms. The van der Waals surface area contributed by atoms with Gasteiger partial charge in [0, 0.05) is 60.3 Å². The van der Waals surface area contributed by atoms with Crippen LogP contribution in [0.2, 0.25) is 0 Å². The molecule has 59 heavy (non-hydrogen) atoms. The Labute approximate surface area is 366 Å². The summed E-state index contributed by atoms with van der Waals surface area (Å²) < 4.78 is 68.8. The van der Waals surface area contributed by atoms with Crippen molar-refractivity contribution in [2.24, 2.45) is 0 Å². The van der Waals surface area contributed by atoms with Gasteiger partial charge >= 0.3 is 21.7 Å². The Kier molecular flexibility index (Phi) is 22.8. The van der Waals surface area contributed by atoms with Crippen LogP contribution in [0.5, 0.6) is 0 Å². The number of hydrogen-bond acceptors (Lipinski definition) is 2. The van der Waals surface area contributed by atoms with Crippen molar-refractivity contribution in [1.29, 1.82) is 0 Å². The van der Waals surface area contributed by atoms with Crippen LogP contribution >= 0.6 is 0 Å². The first-order valence-corrected chi connectivity index (χ1v) is 20.2. The van der Waals surface area contributed by atoms with Crippen LogP contribution in [0.15, 0.2) is 109 Å². The second-order valence-electron chi connectivity index (χ2n) is 15.6. The number of rotatable bonds is 16. The second kappa shape index (κ2) is 26.3. The van der Waals surface area contributed by atoms with Gasteiger partial charge in [0.25, 0.3) is 0 Å². The molecular formula is C50H62F4N2O2Ti. The molecule has 0 amide bonds. The minimum atomic E-state index is -0.677. The monoisotopic (exact) mass is 846 g/mol. The zero-order valence-electron chi connectivity index (χ0n) is 36.2. The summed E-state index contributed by atoms with van der Waals surface area (Å²) in [7, 11) is 3.48. The summed E-state index contributed by atoms with van der Waals surface area (Å²) in [4.78, 5) is 0.